The van der Waals surface area contributed by atoms with Crippen molar-refractivity contribution in [2.45, 2.75) is 39.5 Å². The Bertz CT molecular complexity index is 381. The Balaban J connectivity index is 2.17. The van der Waals surface area contributed by atoms with Crippen LogP contribution in [0.5, 0.6) is 0 Å². The zero-order valence-electron chi connectivity index (χ0n) is 10.6. The second kappa shape index (κ2) is 5.67. The Hall–Kier alpha value is -0.830. The van der Waals surface area contributed by atoms with Gasteiger partial charge in [-0.2, -0.15) is 0 Å². The average molecular weight is 254 g/mol. The Morgan fingerprint density at radius 1 is 1.35 bits per heavy atom. The first-order valence-electron chi connectivity index (χ1n) is 6.47. The molecule has 0 spiro atoms. The van der Waals surface area contributed by atoms with Gasteiger partial charge in [0.05, 0.1) is 0 Å². The van der Waals surface area contributed by atoms with Crippen LogP contribution in [0.25, 0.3) is 0 Å². The van der Waals surface area contributed by atoms with E-state index >= 15 is 0 Å². The van der Waals surface area contributed by atoms with Gasteiger partial charge in [-0.15, -0.1) is 0 Å². The highest BCUT2D eigenvalue weighted by Gasteiger charge is 2.16. The van der Waals surface area contributed by atoms with E-state index in [1.54, 1.807) is 0 Å². The first kappa shape index (κ1) is 12.6. The van der Waals surface area contributed by atoms with Crippen molar-refractivity contribution in [3.63, 3.8) is 0 Å². The van der Waals surface area contributed by atoms with E-state index in [9.17, 15) is 0 Å². The summed E-state index contributed by atoms with van der Waals surface area (Å²) in [5.74, 6) is 2.66. The lowest BCUT2D eigenvalue weighted by molar-refractivity contribution is 0.521. The molecule has 94 valence electrons. The molecule has 1 aromatic heterocycles. The van der Waals surface area contributed by atoms with E-state index in [-0.39, 0.29) is 0 Å². The molecule has 1 saturated heterocycles. The highest BCUT2D eigenvalue weighted by atomic mass is 35.5. The van der Waals surface area contributed by atoms with E-state index in [1.807, 2.05) is 6.07 Å². The van der Waals surface area contributed by atoms with E-state index in [2.05, 4.69) is 28.7 Å². The third-order valence-electron chi connectivity index (χ3n) is 3.38. The molecule has 1 aromatic rings. The van der Waals surface area contributed by atoms with Gasteiger partial charge in [0.15, 0.2) is 0 Å². The largest absolute Gasteiger partial charge is 0.356 e. The van der Waals surface area contributed by atoms with Crippen LogP contribution in [-0.4, -0.2) is 23.1 Å². The zero-order chi connectivity index (χ0) is 12.3. The number of aromatic nitrogens is 2. The number of halogens is 1. The molecule has 1 aliphatic heterocycles. The highest BCUT2D eigenvalue weighted by molar-refractivity contribution is 6.29. The van der Waals surface area contributed by atoms with Crippen LogP contribution in [0, 0.1) is 5.92 Å². The van der Waals surface area contributed by atoms with Crippen LogP contribution < -0.4 is 4.90 Å². The molecule has 0 amide bonds. The molecule has 2 rings (SSSR count). The average Bonchev–Trinajstić information content (AvgIpc) is 2.53. The molecule has 3 nitrogen and oxygen atoms in total. The summed E-state index contributed by atoms with van der Waals surface area (Å²) < 4.78 is 0. The van der Waals surface area contributed by atoms with Crippen LogP contribution in [0.3, 0.4) is 0 Å². The molecule has 0 N–H and O–H groups in total. The van der Waals surface area contributed by atoms with Gasteiger partial charge in [0.1, 0.15) is 16.8 Å². The van der Waals surface area contributed by atoms with Crippen LogP contribution in [0.1, 0.15) is 38.9 Å². The normalized spacial score (nSPS) is 21.4. The summed E-state index contributed by atoms with van der Waals surface area (Å²) in [6, 6.07) is 1.89. The summed E-state index contributed by atoms with van der Waals surface area (Å²) in [5, 5.41) is 0.559. The van der Waals surface area contributed by atoms with Crippen molar-refractivity contribution in [2.24, 2.45) is 5.92 Å². The molecule has 1 aliphatic rings. The quantitative estimate of drug-likeness (QED) is 0.758. The molecule has 1 atom stereocenters. The SMILES string of the molecule is CCc1nc(Cl)cc(N2CCCC(C)CC2)n1. The first-order chi connectivity index (χ1) is 8.19. The van der Waals surface area contributed by atoms with Crippen molar-refractivity contribution >= 4 is 17.4 Å². The monoisotopic (exact) mass is 253 g/mol. The minimum absolute atomic E-state index is 0.559. The van der Waals surface area contributed by atoms with E-state index in [1.165, 1.54) is 19.3 Å². The molecule has 17 heavy (non-hydrogen) atoms. The van der Waals surface area contributed by atoms with Crippen LogP contribution in [0.15, 0.2) is 6.07 Å². The van der Waals surface area contributed by atoms with Crippen molar-refractivity contribution in [2.75, 3.05) is 18.0 Å². The summed E-state index contributed by atoms with van der Waals surface area (Å²) >= 11 is 6.04. The summed E-state index contributed by atoms with van der Waals surface area (Å²) in [5.41, 5.74) is 0. The second-order valence-electron chi connectivity index (χ2n) is 4.84. The Labute approximate surface area is 108 Å². The molecular formula is C13H20ClN3. The number of hydrogen-bond donors (Lipinski definition) is 0. The lowest BCUT2D eigenvalue weighted by Gasteiger charge is -2.22. The lowest BCUT2D eigenvalue weighted by atomic mass is 10.0. The van der Waals surface area contributed by atoms with E-state index in [4.69, 9.17) is 11.6 Å². The highest BCUT2D eigenvalue weighted by Crippen LogP contribution is 2.22. The Morgan fingerprint density at radius 2 is 2.18 bits per heavy atom. The van der Waals surface area contributed by atoms with Gasteiger partial charge >= 0.3 is 0 Å². The second-order valence-corrected chi connectivity index (χ2v) is 5.23. The van der Waals surface area contributed by atoms with Gasteiger partial charge in [-0.25, -0.2) is 9.97 Å². The van der Waals surface area contributed by atoms with Crippen LogP contribution in [0.2, 0.25) is 5.15 Å². The fourth-order valence-corrected chi connectivity index (χ4v) is 2.46. The van der Waals surface area contributed by atoms with E-state index in [0.717, 1.165) is 37.1 Å². The smallest absolute Gasteiger partial charge is 0.134 e. The van der Waals surface area contributed by atoms with Gasteiger partial charge < -0.3 is 4.90 Å². The van der Waals surface area contributed by atoms with Gasteiger partial charge in [0, 0.05) is 25.6 Å². The van der Waals surface area contributed by atoms with Gasteiger partial charge in [0.2, 0.25) is 0 Å². The third-order valence-corrected chi connectivity index (χ3v) is 3.58. The molecule has 0 aliphatic carbocycles. The number of nitrogens with zero attached hydrogens (tertiary/aromatic N) is 3. The van der Waals surface area contributed by atoms with Crippen LogP contribution in [0.4, 0.5) is 5.82 Å². The Kier molecular flexibility index (Phi) is 4.21. The van der Waals surface area contributed by atoms with E-state index < -0.39 is 0 Å². The van der Waals surface area contributed by atoms with E-state index in [0.29, 0.717) is 5.15 Å². The maximum Gasteiger partial charge on any atom is 0.134 e. The van der Waals surface area contributed by atoms with Crippen molar-refractivity contribution in [1.29, 1.82) is 0 Å². The number of anilines is 1. The topological polar surface area (TPSA) is 29.0 Å². The molecule has 0 aromatic carbocycles. The Morgan fingerprint density at radius 3 is 2.94 bits per heavy atom. The molecule has 2 heterocycles. The predicted octanol–water partition coefficient (Wildman–Crippen LogP) is 3.32. The predicted molar refractivity (Wildman–Crippen MR) is 71.6 cm³/mol. The standard InChI is InChI=1S/C13H20ClN3/c1-3-12-15-11(14)9-13(16-12)17-7-4-5-10(2)6-8-17/h9-10H,3-8H2,1-2H3. The summed E-state index contributed by atoms with van der Waals surface area (Å²) in [6.07, 6.45) is 4.63. The van der Waals surface area contributed by atoms with Crippen molar-refractivity contribution < 1.29 is 0 Å². The number of hydrogen-bond acceptors (Lipinski definition) is 3. The minimum atomic E-state index is 0.559. The molecular weight excluding hydrogens is 234 g/mol. The molecule has 0 radical (unpaired) electrons. The third kappa shape index (κ3) is 3.32. The maximum absolute atomic E-state index is 6.04. The van der Waals surface area contributed by atoms with Gasteiger partial charge in [-0.3, -0.25) is 0 Å². The first-order valence-corrected chi connectivity index (χ1v) is 6.85. The van der Waals surface area contributed by atoms with Crippen molar-refractivity contribution in [3.05, 3.63) is 17.0 Å². The number of aryl methyl sites for hydroxylation is 1. The fourth-order valence-electron chi connectivity index (χ4n) is 2.26. The van der Waals surface area contributed by atoms with Gasteiger partial charge in [-0.1, -0.05) is 25.4 Å². The molecule has 0 saturated carbocycles. The van der Waals surface area contributed by atoms with Crippen LogP contribution in [-0.2, 0) is 6.42 Å². The molecule has 1 fully saturated rings. The van der Waals surface area contributed by atoms with Gasteiger partial charge in [-0.05, 0) is 25.2 Å². The van der Waals surface area contributed by atoms with Crippen molar-refractivity contribution in [3.8, 4) is 0 Å². The summed E-state index contributed by atoms with van der Waals surface area (Å²) in [7, 11) is 0. The molecule has 0 bridgehead atoms. The summed E-state index contributed by atoms with van der Waals surface area (Å²) in [6.45, 7) is 6.55. The zero-order valence-corrected chi connectivity index (χ0v) is 11.4. The molecule has 1 unspecified atom stereocenters. The minimum Gasteiger partial charge on any atom is -0.356 e. The van der Waals surface area contributed by atoms with Crippen LogP contribution >= 0.6 is 11.6 Å². The summed E-state index contributed by atoms with van der Waals surface area (Å²) in [4.78, 5) is 11.1. The maximum atomic E-state index is 6.04. The fraction of sp³-hybridized carbons (Fsp3) is 0.692. The van der Waals surface area contributed by atoms with Crippen molar-refractivity contribution in [1.82, 2.24) is 9.97 Å². The van der Waals surface area contributed by atoms with Gasteiger partial charge in [0.25, 0.3) is 0 Å². The molecule has 4 heteroatoms. The lowest BCUT2D eigenvalue weighted by Crippen LogP contribution is -2.25. The number of rotatable bonds is 2.